The smallest absolute Gasteiger partial charge is 0.387 e. The van der Waals surface area contributed by atoms with Crippen LogP contribution in [0.5, 0.6) is 11.5 Å². The van der Waals surface area contributed by atoms with E-state index in [9.17, 15) is 22.8 Å². The summed E-state index contributed by atoms with van der Waals surface area (Å²) < 4.78 is 51.6. The molecule has 1 N–H and O–H groups in total. The quantitative estimate of drug-likeness (QED) is 0.659. The van der Waals surface area contributed by atoms with Crippen LogP contribution in [-0.4, -0.2) is 32.2 Å². The van der Waals surface area contributed by atoms with Crippen molar-refractivity contribution in [3.63, 3.8) is 0 Å². The third-order valence-electron chi connectivity index (χ3n) is 3.56. The summed E-state index contributed by atoms with van der Waals surface area (Å²) in [6, 6.07) is 9.58. The fraction of sp³-hybridized carbons (Fsp3) is 0.263. The number of carbonyl (C=O) groups is 2. The molecule has 2 rings (SSSR count). The molecule has 0 saturated carbocycles. The summed E-state index contributed by atoms with van der Waals surface area (Å²) in [6.07, 6.45) is -0.0869. The summed E-state index contributed by atoms with van der Waals surface area (Å²) in [6.45, 7) is -3.40. The molecule has 0 saturated heterocycles. The summed E-state index contributed by atoms with van der Waals surface area (Å²) in [5, 5.41) is 2.53. The Hall–Kier alpha value is -3.23. The molecule has 0 unspecified atom stereocenters. The SMILES string of the molecule is COc1cc(CNC(=O)COC(=O)Cc2ccc(F)cc2)ccc1OC(F)F. The number of ether oxygens (including phenoxy) is 3. The van der Waals surface area contributed by atoms with Crippen LogP contribution in [0.2, 0.25) is 0 Å². The molecule has 0 heterocycles. The van der Waals surface area contributed by atoms with Gasteiger partial charge in [-0.3, -0.25) is 9.59 Å². The summed E-state index contributed by atoms with van der Waals surface area (Å²) in [5.41, 5.74) is 1.13. The first-order valence-corrected chi connectivity index (χ1v) is 8.16. The number of hydrogen-bond donors (Lipinski definition) is 1. The number of hydrogen-bond acceptors (Lipinski definition) is 5. The van der Waals surface area contributed by atoms with Crippen LogP contribution in [-0.2, 0) is 27.3 Å². The maximum atomic E-state index is 12.8. The molecule has 9 heteroatoms. The molecule has 0 bridgehead atoms. The zero-order valence-electron chi connectivity index (χ0n) is 14.9. The molecule has 28 heavy (non-hydrogen) atoms. The first kappa shape index (κ1) is 21.1. The average molecular weight is 397 g/mol. The van der Waals surface area contributed by atoms with E-state index in [1.807, 2.05) is 0 Å². The van der Waals surface area contributed by atoms with Crippen molar-refractivity contribution in [1.29, 1.82) is 0 Å². The van der Waals surface area contributed by atoms with Crippen LogP contribution >= 0.6 is 0 Å². The van der Waals surface area contributed by atoms with Crippen LogP contribution in [0.4, 0.5) is 13.2 Å². The van der Waals surface area contributed by atoms with Crippen molar-refractivity contribution in [1.82, 2.24) is 5.32 Å². The van der Waals surface area contributed by atoms with E-state index in [4.69, 9.17) is 9.47 Å². The molecule has 0 radical (unpaired) electrons. The van der Waals surface area contributed by atoms with Gasteiger partial charge in [-0.2, -0.15) is 8.78 Å². The van der Waals surface area contributed by atoms with E-state index in [1.165, 1.54) is 49.6 Å². The molecule has 0 aliphatic rings. The number of halogens is 3. The predicted molar refractivity (Wildman–Crippen MR) is 92.5 cm³/mol. The van der Waals surface area contributed by atoms with E-state index in [0.717, 1.165) is 0 Å². The van der Waals surface area contributed by atoms with Gasteiger partial charge in [0.05, 0.1) is 13.5 Å². The van der Waals surface area contributed by atoms with Gasteiger partial charge in [0, 0.05) is 6.54 Å². The predicted octanol–water partition coefficient (Wildman–Crippen LogP) is 2.84. The Balaban J connectivity index is 1.78. The Labute approximate surface area is 159 Å². The van der Waals surface area contributed by atoms with Crippen molar-refractivity contribution < 1.29 is 37.0 Å². The molecule has 2 aromatic rings. The Morgan fingerprint density at radius 3 is 2.36 bits per heavy atom. The molecular weight excluding hydrogens is 379 g/mol. The molecule has 0 spiro atoms. The van der Waals surface area contributed by atoms with Gasteiger partial charge in [-0.15, -0.1) is 0 Å². The minimum atomic E-state index is -2.98. The Morgan fingerprint density at radius 2 is 1.71 bits per heavy atom. The van der Waals surface area contributed by atoms with Gasteiger partial charge in [-0.05, 0) is 35.4 Å². The van der Waals surface area contributed by atoms with Crippen molar-refractivity contribution in [2.45, 2.75) is 19.6 Å². The van der Waals surface area contributed by atoms with Crippen molar-refractivity contribution in [2.75, 3.05) is 13.7 Å². The number of benzene rings is 2. The average Bonchev–Trinajstić information content (AvgIpc) is 2.67. The summed E-state index contributed by atoms with van der Waals surface area (Å²) >= 11 is 0. The van der Waals surface area contributed by atoms with Gasteiger partial charge >= 0.3 is 12.6 Å². The third kappa shape index (κ3) is 6.82. The van der Waals surface area contributed by atoms with E-state index in [1.54, 1.807) is 0 Å². The van der Waals surface area contributed by atoms with Crippen LogP contribution < -0.4 is 14.8 Å². The van der Waals surface area contributed by atoms with Crippen LogP contribution in [0.1, 0.15) is 11.1 Å². The van der Waals surface area contributed by atoms with Crippen molar-refractivity contribution >= 4 is 11.9 Å². The maximum absolute atomic E-state index is 12.8. The van der Waals surface area contributed by atoms with Crippen molar-refractivity contribution in [3.05, 3.63) is 59.4 Å². The second kappa shape index (κ2) is 10.2. The van der Waals surface area contributed by atoms with Gasteiger partial charge in [0.25, 0.3) is 5.91 Å². The fourth-order valence-corrected chi connectivity index (χ4v) is 2.23. The van der Waals surface area contributed by atoms with Crippen LogP contribution in [0.25, 0.3) is 0 Å². The topological polar surface area (TPSA) is 73.9 Å². The van der Waals surface area contributed by atoms with Crippen LogP contribution in [0.15, 0.2) is 42.5 Å². The Bertz CT molecular complexity index is 812. The minimum absolute atomic E-state index is 0.0691. The van der Waals surface area contributed by atoms with Gasteiger partial charge in [-0.1, -0.05) is 18.2 Å². The zero-order chi connectivity index (χ0) is 20.5. The van der Waals surface area contributed by atoms with E-state index in [0.29, 0.717) is 11.1 Å². The molecule has 2 aromatic carbocycles. The summed E-state index contributed by atoms with van der Waals surface area (Å²) in [7, 11) is 1.30. The number of methoxy groups -OCH3 is 1. The monoisotopic (exact) mass is 397 g/mol. The lowest BCUT2D eigenvalue weighted by molar-refractivity contribution is -0.147. The number of rotatable bonds is 9. The van der Waals surface area contributed by atoms with Crippen molar-refractivity contribution in [2.24, 2.45) is 0 Å². The maximum Gasteiger partial charge on any atom is 0.387 e. The number of esters is 1. The third-order valence-corrected chi connectivity index (χ3v) is 3.56. The normalized spacial score (nSPS) is 10.5. The van der Waals surface area contributed by atoms with Crippen LogP contribution in [0.3, 0.4) is 0 Å². The number of amides is 1. The lowest BCUT2D eigenvalue weighted by Crippen LogP contribution is -2.28. The second-order valence-electron chi connectivity index (χ2n) is 5.60. The largest absolute Gasteiger partial charge is 0.493 e. The first-order valence-electron chi connectivity index (χ1n) is 8.16. The number of carbonyl (C=O) groups excluding carboxylic acids is 2. The number of alkyl halides is 2. The van der Waals surface area contributed by atoms with Gasteiger partial charge in [0.2, 0.25) is 0 Å². The molecule has 0 fully saturated rings. The molecule has 0 aliphatic carbocycles. The Morgan fingerprint density at radius 1 is 1.04 bits per heavy atom. The molecule has 150 valence electrons. The molecule has 6 nitrogen and oxygen atoms in total. The van der Waals surface area contributed by atoms with E-state index in [2.05, 4.69) is 10.1 Å². The highest BCUT2D eigenvalue weighted by Gasteiger charge is 2.12. The highest BCUT2D eigenvalue weighted by atomic mass is 19.3. The van der Waals surface area contributed by atoms with E-state index < -0.39 is 30.9 Å². The summed E-state index contributed by atoms with van der Waals surface area (Å²) in [5.74, 6) is -1.61. The molecule has 1 amide bonds. The standard InChI is InChI=1S/C19H18F3NO5/c1-26-16-8-13(4-7-15(16)28-19(21)22)10-23-17(24)11-27-18(25)9-12-2-5-14(20)6-3-12/h2-8,19H,9-11H2,1H3,(H,23,24). The van der Waals surface area contributed by atoms with Crippen LogP contribution in [0, 0.1) is 5.82 Å². The van der Waals surface area contributed by atoms with Gasteiger partial charge in [0.15, 0.2) is 18.1 Å². The Kier molecular flexibility index (Phi) is 7.67. The molecule has 0 aliphatic heterocycles. The highest BCUT2D eigenvalue weighted by molar-refractivity contribution is 5.81. The van der Waals surface area contributed by atoms with Gasteiger partial charge < -0.3 is 19.5 Å². The highest BCUT2D eigenvalue weighted by Crippen LogP contribution is 2.29. The fourth-order valence-electron chi connectivity index (χ4n) is 2.23. The lowest BCUT2D eigenvalue weighted by Gasteiger charge is -2.12. The van der Waals surface area contributed by atoms with E-state index in [-0.39, 0.29) is 24.5 Å². The summed E-state index contributed by atoms with van der Waals surface area (Å²) in [4.78, 5) is 23.5. The van der Waals surface area contributed by atoms with E-state index >= 15 is 0 Å². The molecule has 0 atom stereocenters. The van der Waals surface area contributed by atoms with Crippen molar-refractivity contribution in [3.8, 4) is 11.5 Å². The molecular formula is C19H18F3NO5. The lowest BCUT2D eigenvalue weighted by atomic mass is 10.1. The van der Waals surface area contributed by atoms with Gasteiger partial charge in [0.1, 0.15) is 5.82 Å². The number of nitrogens with one attached hydrogen (secondary N) is 1. The zero-order valence-corrected chi connectivity index (χ0v) is 14.9. The minimum Gasteiger partial charge on any atom is -0.493 e. The second-order valence-corrected chi connectivity index (χ2v) is 5.60. The first-order chi connectivity index (χ1) is 13.4. The van der Waals surface area contributed by atoms with Gasteiger partial charge in [-0.25, -0.2) is 4.39 Å². The molecule has 0 aromatic heterocycles.